The third-order valence-electron chi connectivity index (χ3n) is 1.82. The summed E-state index contributed by atoms with van der Waals surface area (Å²) in [6.45, 7) is 1.94. The number of nitrogens with two attached hydrogens (primary N) is 1. The van der Waals surface area contributed by atoms with E-state index in [1.165, 1.54) is 11.5 Å². The maximum Gasteiger partial charge on any atom is 0.0776 e. The molecule has 0 radical (unpaired) electrons. The summed E-state index contributed by atoms with van der Waals surface area (Å²) in [4.78, 5) is 2.22. The molecule has 1 atom stereocenters. The third-order valence-corrected chi connectivity index (χ3v) is 3.68. The summed E-state index contributed by atoms with van der Waals surface area (Å²) in [6.07, 6.45) is 0. The molecule has 0 amide bonds. The summed E-state index contributed by atoms with van der Waals surface area (Å²) in [5.74, 6) is 0. The van der Waals surface area contributed by atoms with Crippen LogP contribution < -0.4 is 5.73 Å². The van der Waals surface area contributed by atoms with Crippen molar-refractivity contribution in [2.24, 2.45) is 5.73 Å². The van der Waals surface area contributed by atoms with E-state index in [1.807, 2.05) is 24.4 Å². The minimum absolute atomic E-state index is 0.0556. The van der Waals surface area contributed by atoms with E-state index >= 15 is 0 Å². The molecule has 68 valence electrons. The van der Waals surface area contributed by atoms with E-state index in [4.69, 9.17) is 5.73 Å². The second kappa shape index (κ2) is 3.53. The van der Waals surface area contributed by atoms with Gasteiger partial charge in [-0.2, -0.15) is 0 Å². The fourth-order valence-corrected chi connectivity index (χ4v) is 2.60. The monoisotopic (exact) mass is 211 g/mol. The SMILES string of the molecule is Cc1nnsc1C(N)c1cccs1. The van der Waals surface area contributed by atoms with Gasteiger partial charge in [-0.05, 0) is 29.9 Å². The summed E-state index contributed by atoms with van der Waals surface area (Å²) < 4.78 is 3.87. The maximum absolute atomic E-state index is 6.05. The van der Waals surface area contributed by atoms with Gasteiger partial charge in [-0.25, -0.2) is 0 Å². The van der Waals surface area contributed by atoms with Crippen LogP contribution in [0.2, 0.25) is 0 Å². The number of rotatable bonds is 2. The molecule has 0 saturated heterocycles. The number of hydrogen-bond acceptors (Lipinski definition) is 5. The quantitative estimate of drug-likeness (QED) is 0.826. The van der Waals surface area contributed by atoms with Crippen molar-refractivity contribution >= 4 is 22.9 Å². The Kier molecular flexibility index (Phi) is 2.39. The number of nitrogens with zero attached hydrogens (tertiary/aromatic N) is 2. The fraction of sp³-hybridized carbons (Fsp3) is 0.250. The predicted octanol–water partition coefficient (Wildman–Crippen LogP) is 1.96. The van der Waals surface area contributed by atoms with Crippen LogP contribution in [0, 0.1) is 6.92 Å². The first kappa shape index (κ1) is 8.80. The third kappa shape index (κ3) is 1.63. The molecule has 0 bridgehead atoms. The Bertz CT molecular complexity index is 380. The van der Waals surface area contributed by atoms with Crippen molar-refractivity contribution < 1.29 is 0 Å². The lowest BCUT2D eigenvalue weighted by molar-refractivity contribution is 0.895. The van der Waals surface area contributed by atoms with E-state index in [9.17, 15) is 0 Å². The molecule has 5 heteroatoms. The zero-order valence-electron chi connectivity index (χ0n) is 7.10. The summed E-state index contributed by atoms with van der Waals surface area (Å²) in [6, 6.07) is 3.98. The highest BCUT2D eigenvalue weighted by atomic mass is 32.1. The molecule has 1 unspecified atom stereocenters. The van der Waals surface area contributed by atoms with Crippen molar-refractivity contribution in [2.75, 3.05) is 0 Å². The van der Waals surface area contributed by atoms with Crippen molar-refractivity contribution in [1.82, 2.24) is 9.59 Å². The van der Waals surface area contributed by atoms with Crippen molar-refractivity contribution in [1.29, 1.82) is 0 Å². The first-order valence-corrected chi connectivity index (χ1v) is 5.52. The van der Waals surface area contributed by atoms with Crippen molar-refractivity contribution in [2.45, 2.75) is 13.0 Å². The van der Waals surface area contributed by atoms with Crippen molar-refractivity contribution in [3.63, 3.8) is 0 Å². The minimum atomic E-state index is -0.0556. The summed E-state index contributed by atoms with van der Waals surface area (Å²) in [5, 5.41) is 5.97. The normalized spacial score (nSPS) is 13.1. The van der Waals surface area contributed by atoms with E-state index in [1.54, 1.807) is 11.3 Å². The fourth-order valence-electron chi connectivity index (χ4n) is 1.12. The van der Waals surface area contributed by atoms with E-state index < -0.39 is 0 Å². The van der Waals surface area contributed by atoms with Gasteiger partial charge in [0.1, 0.15) is 0 Å². The lowest BCUT2D eigenvalue weighted by Gasteiger charge is -2.05. The smallest absolute Gasteiger partial charge is 0.0776 e. The second-order valence-electron chi connectivity index (χ2n) is 2.72. The Balaban J connectivity index is 2.33. The average Bonchev–Trinajstić information content (AvgIpc) is 2.72. The zero-order chi connectivity index (χ0) is 9.26. The lowest BCUT2D eigenvalue weighted by Crippen LogP contribution is -2.09. The van der Waals surface area contributed by atoms with Crippen LogP contribution in [0.15, 0.2) is 17.5 Å². The van der Waals surface area contributed by atoms with Crippen LogP contribution in [0.3, 0.4) is 0 Å². The van der Waals surface area contributed by atoms with Crippen LogP contribution in [0.5, 0.6) is 0 Å². The molecule has 3 nitrogen and oxygen atoms in total. The number of thiophene rings is 1. The first-order chi connectivity index (χ1) is 6.29. The van der Waals surface area contributed by atoms with Gasteiger partial charge in [0.05, 0.1) is 16.6 Å². The van der Waals surface area contributed by atoms with Crippen LogP contribution in [0.25, 0.3) is 0 Å². The van der Waals surface area contributed by atoms with E-state index in [2.05, 4.69) is 9.59 Å². The largest absolute Gasteiger partial charge is 0.319 e. The van der Waals surface area contributed by atoms with Gasteiger partial charge in [0.25, 0.3) is 0 Å². The van der Waals surface area contributed by atoms with Crippen LogP contribution in [0.1, 0.15) is 21.5 Å². The van der Waals surface area contributed by atoms with Crippen LogP contribution >= 0.6 is 22.9 Å². The molecular weight excluding hydrogens is 202 g/mol. The molecular formula is C8H9N3S2. The Hall–Kier alpha value is -0.780. The summed E-state index contributed by atoms with van der Waals surface area (Å²) >= 11 is 3.04. The highest BCUT2D eigenvalue weighted by Crippen LogP contribution is 2.27. The molecule has 0 spiro atoms. The molecule has 2 aromatic rings. The molecule has 0 saturated carbocycles. The van der Waals surface area contributed by atoms with Crippen LogP contribution in [-0.2, 0) is 0 Å². The van der Waals surface area contributed by atoms with Gasteiger partial charge < -0.3 is 5.73 Å². The first-order valence-electron chi connectivity index (χ1n) is 3.87. The lowest BCUT2D eigenvalue weighted by atomic mass is 10.2. The van der Waals surface area contributed by atoms with Gasteiger partial charge >= 0.3 is 0 Å². The number of aryl methyl sites for hydroxylation is 1. The van der Waals surface area contributed by atoms with Gasteiger partial charge in [0.15, 0.2) is 0 Å². The summed E-state index contributed by atoms with van der Waals surface area (Å²) in [7, 11) is 0. The Labute approximate surface area is 84.4 Å². The van der Waals surface area contributed by atoms with Gasteiger partial charge in [-0.3, -0.25) is 0 Å². The van der Waals surface area contributed by atoms with Gasteiger partial charge in [0.2, 0.25) is 0 Å². The molecule has 13 heavy (non-hydrogen) atoms. The molecule has 0 aliphatic carbocycles. The Morgan fingerprint density at radius 1 is 1.54 bits per heavy atom. The van der Waals surface area contributed by atoms with Crippen LogP contribution in [0.4, 0.5) is 0 Å². The topological polar surface area (TPSA) is 51.8 Å². The Morgan fingerprint density at radius 2 is 2.38 bits per heavy atom. The molecule has 2 rings (SSSR count). The minimum Gasteiger partial charge on any atom is -0.319 e. The maximum atomic E-state index is 6.05. The van der Waals surface area contributed by atoms with E-state index in [-0.39, 0.29) is 6.04 Å². The van der Waals surface area contributed by atoms with Gasteiger partial charge in [-0.15, -0.1) is 16.4 Å². The standard InChI is InChI=1S/C8H9N3S2/c1-5-8(13-11-10-5)7(9)6-3-2-4-12-6/h2-4,7H,9H2,1H3. The highest BCUT2D eigenvalue weighted by Gasteiger charge is 2.15. The van der Waals surface area contributed by atoms with E-state index in [0.29, 0.717) is 0 Å². The molecule has 2 aromatic heterocycles. The predicted molar refractivity (Wildman–Crippen MR) is 55.0 cm³/mol. The molecule has 0 aliphatic heterocycles. The summed E-state index contributed by atoms with van der Waals surface area (Å²) in [5.41, 5.74) is 6.98. The van der Waals surface area contributed by atoms with Crippen molar-refractivity contribution in [3.05, 3.63) is 33.0 Å². The molecule has 0 fully saturated rings. The van der Waals surface area contributed by atoms with Gasteiger partial charge in [-0.1, -0.05) is 10.6 Å². The Morgan fingerprint density at radius 3 is 2.92 bits per heavy atom. The number of hydrogen-bond donors (Lipinski definition) is 1. The van der Waals surface area contributed by atoms with Gasteiger partial charge in [0, 0.05) is 4.88 Å². The molecule has 2 heterocycles. The molecule has 2 N–H and O–H groups in total. The second-order valence-corrected chi connectivity index (χ2v) is 4.48. The number of aromatic nitrogens is 2. The van der Waals surface area contributed by atoms with E-state index in [0.717, 1.165) is 15.4 Å². The average molecular weight is 211 g/mol. The molecule has 0 aliphatic rings. The molecule has 0 aromatic carbocycles. The zero-order valence-corrected chi connectivity index (χ0v) is 8.73. The van der Waals surface area contributed by atoms with Crippen LogP contribution in [-0.4, -0.2) is 9.59 Å². The van der Waals surface area contributed by atoms with Crippen molar-refractivity contribution in [3.8, 4) is 0 Å². The highest BCUT2D eigenvalue weighted by molar-refractivity contribution is 7.10.